The minimum Gasteiger partial charge on any atom is -0.481 e. The molecule has 6 nitrogen and oxygen atoms in total. The smallest absolute Gasteiger partial charge is 0.317 e. The van der Waals surface area contributed by atoms with Crippen molar-refractivity contribution in [2.24, 2.45) is 0 Å². The summed E-state index contributed by atoms with van der Waals surface area (Å²) in [6.45, 7) is 2.83. The van der Waals surface area contributed by atoms with E-state index < -0.39 is 11.6 Å². The highest BCUT2D eigenvalue weighted by Crippen LogP contribution is 2.20. The number of urea groups is 1. The Labute approximate surface area is 123 Å². The number of rotatable bonds is 4. The number of likely N-dealkylation sites (tertiary alicyclic amines) is 1. The van der Waals surface area contributed by atoms with Gasteiger partial charge in [0, 0.05) is 13.1 Å². The zero-order valence-electron chi connectivity index (χ0n) is 12.0. The summed E-state index contributed by atoms with van der Waals surface area (Å²) >= 11 is 0. The van der Waals surface area contributed by atoms with Crippen LogP contribution in [0.5, 0.6) is 0 Å². The van der Waals surface area contributed by atoms with Gasteiger partial charge in [-0.3, -0.25) is 4.79 Å². The molecular weight excluding hydrogens is 272 g/mol. The Hall–Kier alpha value is -2.08. The van der Waals surface area contributed by atoms with Crippen LogP contribution in [-0.4, -0.2) is 45.8 Å². The quantitative estimate of drug-likeness (QED) is 0.771. The highest BCUT2D eigenvalue weighted by Gasteiger charge is 2.33. The number of amides is 2. The first-order valence-electron chi connectivity index (χ1n) is 6.91. The van der Waals surface area contributed by atoms with Crippen molar-refractivity contribution in [3.05, 3.63) is 35.4 Å². The molecule has 21 heavy (non-hydrogen) atoms. The van der Waals surface area contributed by atoms with Crippen molar-refractivity contribution in [2.75, 3.05) is 13.1 Å². The predicted octanol–water partition coefficient (Wildman–Crippen LogP) is 0.980. The van der Waals surface area contributed by atoms with Crippen LogP contribution in [0.15, 0.2) is 24.3 Å². The summed E-state index contributed by atoms with van der Waals surface area (Å²) < 4.78 is 0. The minimum absolute atomic E-state index is 0.0650. The lowest BCUT2D eigenvalue weighted by Crippen LogP contribution is -2.40. The molecule has 1 fully saturated rings. The number of aliphatic hydroxyl groups is 1. The fourth-order valence-corrected chi connectivity index (χ4v) is 2.47. The lowest BCUT2D eigenvalue weighted by molar-refractivity contribution is -0.136. The molecule has 6 heteroatoms. The van der Waals surface area contributed by atoms with Gasteiger partial charge in [-0.05, 0) is 24.5 Å². The number of carboxylic acid groups (broad SMARTS) is 1. The van der Waals surface area contributed by atoms with Gasteiger partial charge in [-0.2, -0.15) is 0 Å². The monoisotopic (exact) mass is 292 g/mol. The van der Waals surface area contributed by atoms with Crippen LogP contribution in [0.3, 0.4) is 0 Å². The Bertz CT molecular complexity index is 542. The number of nitrogens with zero attached hydrogens (tertiary/aromatic N) is 1. The van der Waals surface area contributed by atoms with Crippen LogP contribution in [0.4, 0.5) is 4.79 Å². The number of aliphatic carboxylic acids is 1. The van der Waals surface area contributed by atoms with Gasteiger partial charge in [0.1, 0.15) is 0 Å². The SMILES string of the molecule is CC1(O)CCN(C(=O)NCc2ccccc2CC(=O)O)C1. The highest BCUT2D eigenvalue weighted by molar-refractivity contribution is 5.75. The second-order valence-corrected chi connectivity index (χ2v) is 5.67. The number of carbonyl (C=O) groups is 2. The lowest BCUT2D eigenvalue weighted by atomic mass is 10.0. The first-order chi connectivity index (χ1) is 9.87. The third kappa shape index (κ3) is 4.19. The molecule has 1 atom stereocenters. The molecule has 0 saturated carbocycles. The summed E-state index contributed by atoms with van der Waals surface area (Å²) in [4.78, 5) is 24.4. The average Bonchev–Trinajstić information content (AvgIpc) is 2.77. The van der Waals surface area contributed by atoms with Crippen LogP contribution < -0.4 is 5.32 Å². The van der Waals surface area contributed by atoms with Crippen molar-refractivity contribution in [2.45, 2.75) is 31.9 Å². The fraction of sp³-hybridized carbons (Fsp3) is 0.467. The van der Waals surface area contributed by atoms with E-state index in [0.29, 0.717) is 25.1 Å². The van der Waals surface area contributed by atoms with Gasteiger partial charge in [0.15, 0.2) is 0 Å². The second kappa shape index (κ2) is 6.13. The van der Waals surface area contributed by atoms with Crippen LogP contribution >= 0.6 is 0 Å². The molecule has 1 saturated heterocycles. The molecule has 0 bridgehead atoms. The van der Waals surface area contributed by atoms with E-state index in [1.807, 2.05) is 6.07 Å². The molecular formula is C15H20N2O4. The normalized spacial score (nSPS) is 21.3. The second-order valence-electron chi connectivity index (χ2n) is 5.67. The maximum absolute atomic E-state index is 12.0. The summed E-state index contributed by atoms with van der Waals surface area (Å²) in [6, 6.07) is 6.90. The number of β-amino-alcohol motifs (C(OH)–C–C–N with tert-alkyl or cyclic N) is 1. The maximum Gasteiger partial charge on any atom is 0.317 e. The van der Waals surface area contributed by atoms with Crippen molar-refractivity contribution < 1.29 is 19.8 Å². The van der Waals surface area contributed by atoms with E-state index in [4.69, 9.17) is 5.11 Å². The van der Waals surface area contributed by atoms with E-state index in [2.05, 4.69) is 5.32 Å². The number of hydrogen-bond acceptors (Lipinski definition) is 3. The van der Waals surface area contributed by atoms with E-state index in [0.717, 1.165) is 5.56 Å². The Balaban J connectivity index is 1.94. The average molecular weight is 292 g/mol. The van der Waals surface area contributed by atoms with E-state index in [-0.39, 0.29) is 19.0 Å². The molecule has 0 aromatic heterocycles. The molecule has 0 aliphatic carbocycles. The number of benzene rings is 1. The van der Waals surface area contributed by atoms with Crippen LogP contribution in [0.2, 0.25) is 0 Å². The van der Waals surface area contributed by atoms with Crippen molar-refractivity contribution in [3.63, 3.8) is 0 Å². The number of nitrogens with one attached hydrogen (secondary N) is 1. The Morgan fingerprint density at radius 2 is 2.00 bits per heavy atom. The molecule has 2 rings (SSSR count). The zero-order chi connectivity index (χ0) is 15.5. The van der Waals surface area contributed by atoms with E-state index >= 15 is 0 Å². The minimum atomic E-state index is -0.899. The number of hydrogen-bond donors (Lipinski definition) is 3. The van der Waals surface area contributed by atoms with Crippen LogP contribution in [0, 0.1) is 0 Å². The number of carbonyl (C=O) groups excluding carboxylic acids is 1. The van der Waals surface area contributed by atoms with E-state index in [1.165, 1.54) is 0 Å². The van der Waals surface area contributed by atoms with Crippen LogP contribution in [0.25, 0.3) is 0 Å². The van der Waals surface area contributed by atoms with Gasteiger partial charge < -0.3 is 20.4 Å². The van der Waals surface area contributed by atoms with Crippen LogP contribution in [0.1, 0.15) is 24.5 Å². The van der Waals surface area contributed by atoms with Gasteiger partial charge >= 0.3 is 12.0 Å². The molecule has 114 valence electrons. The summed E-state index contributed by atoms with van der Waals surface area (Å²) in [5.41, 5.74) is 0.663. The third-order valence-electron chi connectivity index (χ3n) is 3.63. The fourth-order valence-electron chi connectivity index (χ4n) is 2.47. The largest absolute Gasteiger partial charge is 0.481 e. The topological polar surface area (TPSA) is 89.9 Å². The van der Waals surface area contributed by atoms with E-state index in [1.54, 1.807) is 30.0 Å². The summed E-state index contributed by atoms with van der Waals surface area (Å²) in [5, 5.41) is 21.5. The Morgan fingerprint density at radius 1 is 1.33 bits per heavy atom. The third-order valence-corrected chi connectivity index (χ3v) is 3.63. The van der Waals surface area contributed by atoms with E-state index in [9.17, 15) is 14.7 Å². The Morgan fingerprint density at radius 3 is 2.57 bits per heavy atom. The molecule has 1 aliphatic rings. The molecule has 1 heterocycles. The predicted molar refractivity (Wildman–Crippen MR) is 76.8 cm³/mol. The molecule has 1 aliphatic heterocycles. The first kappa shape index (κ1) is 15.3. The first-order valence-corrected chi connectivity index (χ1v) is 6.91. The zero-order valence-corrected chi connectivity index (χ0v) is 12.0. The standard InChI is InChI=1S/C15H20N2O4/c1-15(21)6-7-17(10-15)14(20)16-9-12-5-3-2-4-11(12)8-13(18)19/h2-5,21H,6-10H2,1H3,(H,16,20)(H,18,19). The van der Waals surface area contributed by atoms with Gasteiger partial charge in [0.25, 0.3) is 0 Å². The van der Waals surface area contributed by atoms with Gasteiger partial charge in [-0.15, -0.1) is 0 Å². The molecule has 0 spiro atoms. The van der Waals surface area contributed by atoms with Gasteiger partial charge in [0.05, 0.1) is 18.6 Å². The molecule has 3 N–H and O–H groups in total. The molecule has 1 aromatic rings. The van der Waals surface area contributed by atoms with Gasteiger partial charge in [-0.1, -0.05) is 24.3 Å². The van der Waals surface area contributed by atoms with Gasteiger partial charge in [-0.25, -0.2) is 4.79 Å². The molecule has 1 unspecified atom stereocenters. The summed E-state index contributed by atoms with van der Waals surface area (Å²) in [5.74, 6) is -0.899. The number of carboxylic acids is 1. The van der Waals surface area contributed by atoms with Crippen molar-refractivity contribution in [3.8, 4) is 0 Å². The molecule has 2 amide bonds. The Kier molecular flexibility index (Phi) is 4.47. The summed E-state index contributed by atoms with van der Waals surface area (Å²) in [7, 11) is 0. The summed E-state index contributed by atoms with van der Waals surface area (Å²) in [6.07, 6.45) is 0.500. The molecule has 1 aromatic carbocycles. The van der Waals surface area contributed by atoms with Crippen molar-refractivity contribution in [1.29, 1.82) is 0 Å². The van der Waals surface area contributed by atoms with Gasteiger partial charge in [0.2, 0.25) is 0 Å². The maximum atomic E-state index is 12.0. The van der Waals surface area contributed by atoms with Crippen molar-refractivity contribution in [1.82, 2.24) is 10.2 Å². The molecule has 0 radical (unpaired) electrons. The highest BCUT2D eigenvalue weighted by atomic mass is 16.4. The lowest BCUT2D eigenvalue weighted by Gasteiger charge is -2.20. The van der Waals surface area contributed by atoms with Crippen LogP contribution in [-0.2, 0) is 17.8 Å². The van der Waals surface area contributed by atoms with Crippen molar-refractivity contribution >= 4 is 12.0 Å².